The van der Waals surface area contributed by atoms with E-state index in [1.165, 1.54) is 0 Å². The third kappa shape index (κ3) is 3.30. The summed E-state index contributed by atoms with van der Waals surface area (Å²) < 4.78 is 1.02. The number of aliphatic hydroxyl groups excluding tert-OH is 1. The number of nitrogens with zero attached hydrogens (tertiary/aromatic N) is 1. The minimum atomic E-state index is 0.156. The molecule has 17 heavy (non-hydrogen) atoms. The monoisotopic (exact) mass is 297 g/mol. The maximum Gasteiger partial charge on any atom is 0.227 e. The molecular weight excluding hydrogens is 282 g/mol. The highest BCUT2D eigenvalue weighted by atomic mass is 79.9. The summed E-state index contributed by atoms with van der Waals surface area (Å²) in [6.45, 7) is 1.66. The summed E-state index contributed by atoms with van der Waals surface area (Å²) in [7, 11) is 0. The largest absolute Gasteiger partial charge is 0.396 e. The van der Waals surface area contributed by atoms with Crippen molar-refractivity contribution in [1.29, 1.82) is 0 Å². The summed E-state index contributed by atoms with van der Waals surface area (Å²) in [5, 5.41) is 9.04. The SMILES string of the molecule is O=C(Cc1ccc(Br)cc1)N1CCC(CO)C1. The number of halogens is 1. The van der Waals surface area contributed by atoms with Crippen LogP contribution in [0, 0.1) is 5.92 Å². The Morgan fingerprint density at radius 1 is 1.41 bits per heavy atom. The van der Waals surface area contributed by atoms with Crippen LogP contribution in [-0.2, 0) is 11.2 Å². The van der Waals surface area contributed by atoms with Crippen LogP contribution in [0.4, 0.5) is 0 Å². The van der Waals surface area contributed by atoms with E-state index >= 15 is 0 Å². The zero-order chi connectivity index (χ0) is 12.3. The number of hydrogen-bond donors (Lipinski definition) is 1. The molecule has 2 rings (SSSR count). The van der Waals surface area contributed by atoms with Gasteiger partial charge in [0, 0.05) is 30.1 Å². The van der Waals surface area contributed by atoms with E-state index in [1.807, 2.05) is 29.2 Å². The van der Waals surface area contributed by atoms with Crippen LogP contribution in [0.3, 0.4) is 0 Å². The van der Waals surface area contributed by atoms with Gasteiger partial charge in [0.25, 0.3) is 0 Å². The molecule has 3 nitrogen and oxygen atoms in total. The fourth-order valence-corrected chi connectivity index (χ4v) is 2.36. The maximum atomic E-state index is 12.0. The summed E-state index contributed by atoms with van der Waals surface area (Å²) >= 11 is 3.37. The molecule has 0 spiro atoms. The van der Waals surface area contributed by atoms with Crippen molar-refractivity contribution in [3.63, 3.8) is 0 Å². The van der Waals surface area contributed by atoms with E-state index in [0.29, 0.717) is 13.0 Å². The van der Waals surface area contributed by atoms with E-state index < -0.39 is 0 Å². The molecule has 1 fully saturated rings. The number of carbonyl (C=O) groups excluding carboxylic acids is 1. The highest BCUT2D eigenvalue weighted by Gasteiger charge is 2.25. The Labute approximate surface area is 110 Å². The molecule has 1 saturated heterocycles. The number of hydrogen-bond acceptors (Lipinski definition) is 2. The lowest BCUT2D eigenvalue weighted by Crippen LogP contribution is -2.30. The lowest BCUT2D eigenvalue weighted by atomic mass is 10.1. The number of amides is 1. The topological polar surface area (TPSA) is 40.5 Å². The van der Waals surface area contributed by atoms with E-state index in [4.69, 9.17) is 5.11 Å². The Balaban J connectivity index is 1.91. The van der Waals surface area contributed by atoms with Gasteiger partial charge in [-0.1, -0.05) is 28.1 Å². The molecule has 0 aromatic heterocycles. The molecular formula is C13H16BrNO2. The van der Waals surface area contributed by atoms with Crippen molar-refractivity contribution in [2.45, 2.75) is 12.8 Å². The highest BCUT2D eigenvalue weighted by Crippen LogP contribution is 2.17. The van der Waals surface area contributed by atoms with Crippen molar-refractivity contribution in [1.82, 2.24) is 4.90 Å². The Morgan fingerprint density at radius 2 is 2.12 bits per heavy atom. The van der Waals surface area contributed by atoms with Crippen LogP contribution < -0.4 is 0 Å². The number of rotatable bonds is 3. The van der Waals surface area contributed by atoms with Crippen molar-refractivity contribution < 1.29 is 9.90 Å². The van der Waals surface area contributed by atoms with Gasteiger partial charge in [0.05, 0.1) is 6.42 Å². The molecule has 92 valence electrons. The number of aliphatic hydroxyl groups is 1. The van der Waals surface area contributed by atoms with Gasteiger partial charge in [0.15, 0.2) is 0 Å². The van der Waals surface area contributed by atoms with E-state index in [1.54, 1.807) is 0 Å². The first-order chi connectivity index (χ1) is 8.19. The zero-order valence-electron chi connectivity index (χ0n) is 9.60. The minimum absolute atomic E-state index is 0.156. The quantitative estimate of drug-likeness (QED) is 0.925. The minimum Gasteiger partial charge on any atom is -0.396 e. The van der Waals surface area contributed by atoms with Crippen LogP contribution >= 0.6 is 15.9 Å². The standard InChI is InChI=1S/C13H16BrNO2/c14-12-3-1-10(2-4-12)7-13(17)15-6-5-11(8-15)9-16/h1-4,11,16H,5-9H2. The van der Waals surface area contributed by atoms with Crippen molar-refractivity contribution >= 4 is 21.8 Å². The fraction of sp³-hybridized carbons (Fsp3) is 0.462. The summed E-state index contributed by atoms with van der Waals surface area (Å²) in [6, 6.07) is 7.81. The maximum absolute atomic E-state index is 12.0. The molecule has 0 aliphatic carbocycles. The molecule has 0 saturated carbocycles. The van der Waals surface area contributed by atoms with Crippen LogP contribution in [0.25, 0.3) is 0 Å². The van der Waals surface area contributed by atoms with Gasteiger partial charge in [-0.2, -0.15) is 0 Å². The van der Waals surface area contributed by atoms with E-state index in [9.17, 15) is 4.79 Å². The first-order valence-corrected chi connectivity index (χ1v) is 6.61. The second kappa shape index (κ2) is 5.65. The van der Waals surface area contributed by atoms with Crippen molar-refractivity contribution in [3.8, 4) is 0 Å². The average Bonchev–Trinajstić information content (AvgIpc) is 2.81. The Morgan fingerprint density at radius 3 is 2.71 bits per heavy atom. The molecule has 1 aromatic carbocycles. The number of carbonyl (C=O) groups is 1. The van der Waals surface area contributed by atoms with Crippen LogP contribution in [-0.4, -0.2) is 35.6 Å². The molecule has 1 atom stereocenters. The molecule has 0 bridgehead atoms. The molecule has 1 aromatic rings. The molecule has 1 amide bonds. The summed E-state index contributed by atoms with van der Waals surface area (Å²) in [5.41, 5.74) is 1.03. The van der Waals surface area contributed by atoms with Gasteiger partial charge in [0.1, 0.15) is 0 Å². The zero-order valence-corrected chi connectivity index (χ0v) is 11.2. The van der Waals surface area contributed by atoms with E-state index in [0.717, 1.165) is 23.0 Å². The third-order valence-corrected chi connectivity index (χ3v) is 3.69. The predicted octanol–water partition coefficient (Wildman–Crippen LogP) is 1.83. The van der Waals surface area contributed by atoms with Gasteiger partial charge in [-0.15, -0.1) is 0 Å². The number of likely N-dealkylation sites (tertiary alicyclic amines) is 1. The van der Waals surface area contributed by atoms with Crippen molar-refractivity contribution in [2.24, 2.45) is 5.92 Å². The second-order valence-corrected chi connectivity index (χ2v) is 5.40. The van der Waals surface area contributed by atoms with Crippen LogP contribution in [0.15, 0.2) is 28.7 Å². The Bertz CT molecular complexity index is 391. The molecule has 1 unspecified atom stereocenters. The van der Waals surface area contributed by atoms with Crippen molar-refractivity contribution in [3.05, 3.63) is 34.3 Å². The molecule has 4 heteroatoms. The molecule has 0 radical (unpaired) electrons. The normalized spacial score (nSPS) is 19.6. The molecule has 1 heterocycles. The van der Waals surface area contributed by atoms with Gasteiger partial charge in [-0.25, -0.2) is 0 Å². The smallest absolute Gasteiger partial charge is 0.227 e. The Hall–Kier alpha value is -0.870. The molecule has 1 N–H and O–H groups in total. The van der Waals surface area contributed by atoms with Gasteiger partial charge in [0.2, 0.25) is 5.91 Å². The predicted molar refractivity (Wildman–Crippen MR) is 69.6 cm³/mol. The van der Waals surface area contributed by atoms with Gasteiger partial charge in [-0.3, -0.25) is 4.79 Å². The van der Waals surface area contributed by atoms with Gasteiger partial charge >= 0.3 is 0 Å². The summed E-state index contributed by atoms with van der Waals surface area (Å²) in [4.78, 5) is 13.8. The summed E-state index contributed by atoms with van der Waals surface area (Å²) in [5.74, 6) is 0.423. The first kappa shape index (κ1) is 12.6. The first-order valence-electron chi connectivity index (χ1n) is 5.82. The van der Waals surface area contributed by atoms with Crippen molar-refractivity contribution in [2.75, 3.05) is 19.7 Å². The third-order valence-electron chi connectivity index (χ3n) is 3.17. The van der Waals surface area contributed by atoms with E-state index in [-0.39, 0.29) is 18.4 Å². The Kier molecular flexibility index (Phi) is 4.18. The molecule has 1 aliphatic heterocycles. The average molecular weight is 298 g/mol. The fourth-order valence-electron chi connectivity index (χ4n) is 2.10. The van der Waals surface area contributed by atoms with E-state index in [2.05, 4.69) is 15.9 Å². The second-order valence-electron chi connectivity index (χ2n) is 4.48. The van der Waals surface area contributed by atoms with Crippen LogP contribution in [0.1, 0.15) is 12.0 Å². The lowest BCUT2D eigenvalue weighted by Gasteiger charge is -2.16. The molecule has 1 aliphatic rings. The summed E-state index contributed by atoms with van der Waals surface area (Å²) in [6.07, 6.45) is 1.37. The number of benzene rings is 1. The highest BCUT2D eigenvalue weighted by molar-refractivity contribution is 9.10. The van der Waals surface area contributed by atoms with Gasteiger partial charge < -0.3 is 10.0 Å². The van der Waals surface area contributed by atoms with Gasteiger partial charge in [-0.05, 0) is 24.1 Å². The van der Waals surface area contributed by atoms with Crippen LogP contribution in [0.2, 0.25) is 0 Å². The lowest BCUT2D eigenvalue weighted by molar-refractivity contribution is -0.129. The van der Waals surface area contributed by atoms with Crippen LogP contribution in [0.5, 0.6) is 0 Å².